The number of nitrogens with one attached hydrogen (secondary N) is 1. The maximum absolute atomic E-state index is 6.17. The standard InChI is InChI=1S/C23H33N9O2S/c24-21-26-22(31-10-4-1-5-11-31)29-32(21)23-28-27-20(35-23)18-6-2-3-7-19(18)34-15-9-25-8-12-30-13-16-33-17-14-30/h2-3,6-7,25H,1,4-5,8-17H2,(H2,24,26,29). The van der Waals surface area contributed by atoms with E-state index in [2.05, 4.69) is 35.4 Å². The quantitative estimate of drug-likeness (QED) is 0.399. The lowest BCUT2D eigenvalue weighted by Crippen LogP contribution is -2.40. The van der Waals surface area contributed by atoms with Crippen LogP contribution in [0.1, 0.15) is 19.3 Å². The second-order valence-electron chi connectivity index (χ2n) is 8.67. The van der Waals surface area contributed by atoms with Crippen molar-refractivity contribution in [1.82, 2.24) is 35.2 Å². The van der Waals surface area contributed by atoms with Crippen LogP contribution < -0.4 is 20.7 Å². The number of nitrogens with zero attached hydrogens (tertiary/aromatic N) is 7. The zero-order valence-corrected chi connectivity index (χ0v) is 20.8. The van der Waals surface area contributed by atoms with Crippen LogP contribution >= 0.6 is 11.3 Å². The maximum Gasteiger partial charge on any atom is 0.247 e. The van der Waals surface area contributed by atoms with Crippen molar-refractivity contribution < 1.29 is 9.47 Å². The van der Waals surface area contributed by atoms with Crippen LogP contribution in [-0.4, -0.2) is 95.5 Å². The molecule has 4 heterocycles. The summed E-state index contributed by atoms with van der Waals surface area (Å²) < 4.78 is 13.1. The Kier molecular flexibility index (Phi) is 8.03. The fourth-order valence-electron chi connectivity index (χ4n) is 4.28. The molecule has 0 radical (unpaired) electrons. The van der Waals surface area contributed by atoms with Crippen LogP contribution in [0.2, 0.25) is 0 Å². The van der Waals surface area contributed by atoms with E-state index in [0.717, 1.165) is 88.2 Å². The number of hydrogen-bond acceptors (Lipinski definition) is 11. The Bertz CT molecular complexity index is 1080. The molecule has 3 N–H and O–H groups in total. The molecule has 12 heteroatoms. The summed E-state index contributed by atoms with van der Waals surface area (Å²) in [5, 5.41) is 18.1. The van der Waals surface area contributed by atoms with Crippen molar-refractivity contribution >= 4 is 23.2 Å². The van der Waals surface area contributed by atoms with E-state index in [9.17, 15) is 0 Å². The Morgan fingerprint density at radius 3 is 2.71 bits per heavy atom. The number of anilines is 2. The van der Waals surface area contributed by atoms with Crippen LogP contribution in [0.25, 0.3) is 15.7 Å². The number of para-hydroxylation sites is 1. The molecule has 2 saturated heterocycles. The van der Waals surface area contributed by atoms with Crippen LogP contribution in [0.15, 0.2) is 24.3 Å². The van der Waals surface area contributed by atoms with E-state index in [1.165, 1.54) is 17.8 Å². The molecule has 0 unspecified atom stereocenters. The first-order chi connectivity index (χ1) is 17.3. The highest BCUT2D eigenvalue weighted by Crippen LogP contribution is 2.33. The average molecular weight is 500 g/mol. The highest BCUT2D eigenvalue weighted by molar-refractivity contribution is 7.17. The van der Waals surface area contributed by atoms with Crippen molar-refractivity contribution in [3.63, 3.8) is 0 Å². The summed E-state index contributed by atoms with van der Waals surface area (Å²) in [7, 11) is 0. The van der Waals surface area contributed by atoms with Gasteiger partial charge in [-0.2, -0.15) is 9.67 Å². The summed E-state index contributed by atoms with van der Waals surface area (Å²) in [6.07, 6.45) is 3.55. The largest absolute Gasteiger partial charge is 0.492 e. The van der Waals surface area contributed by atoms with E-state index < -0.39 is 0 Å². The van der Waals surface area contributed by atoms with Gasteiger partial charge in [0.2, 0.25) is 17.0 Å². The van der Waals surface area contributed by atoms with Gasteiger partial charge < -0.3 is 25.4 Å². The van der Waals surface area contributed by atoms with Crippen molar-refractivity contribution in [1.29, 1.82) is 0 Å². The van der Waals surface area contributed by atoms with Crippen LogP contribution in [-0.2, 0) is 4.74 Å². The fourth-order valence-corrected chi connectivity index (χ4v) is 5.12. The van der Waals surface area contributed by atoms with E-state index in [1.807, 2.05) is 24.3 Å². The molecule has 3 aromatic rings. The highest BCUT2D eigenvalue weighted by atomic mass is 32.1. The number of piperidine rings is 1. The first-order valence-electron chi connectivity index (χ1n) is 12.3. The molecular weight excluding hydrogens is 466 g/mol. The summed E-state index contributed by atoms with van der Waals surface area (Å²) in [6.45, 7) is 8.89. The number of ether oxygens (including phenoxy) is 2. The number of aromatic nitrogens is 5. The van der Waals surface area contributed by atoms with E-state index >= 15 is 0 Å². The molecule has 0 saturated carbocycles. The summed E-state index contributed by atoms with van der Waals surface area (Å²) in [5.41, 5.74) is 7.07. The minimum atomic E-state index is 0.320. The zero-order valence-electron chi connectivity index (χ0n) is 19.9. The molecule has 5 rings (SSSR count). The van der Waals surface area contributed by atoms with Crippen LogP contribution in [0.4, 0.5) is 11.9 Å². The number of benzene rings is 1. The lowest BCUT2D eigenvalue weighted by molar-refractivity contribution is 0.0383. The minimum absolute atomic E-state index is 0.320. The molecule has 0 aliphatic carbocycles. The number of rotatable bonds is 10. The predicted molar refractivity (Wildman–Crippen MR) is 136 cm³/mol. The Morgan fingerprint density at radius 1 is 1.03 bits per heavy atom. The molecule has 2 fully saturated rings. The molecule has 188 valence electrons. The van der Waals surface area contributed by atoms with Gasteiger partial charge in [0.1, 0.15) is 12.4 Å². The first-order valence-corrected chi connectivity index (χ1v) is 13.1. The Labute approximate surface area is 209 Å². The number of hydrogen-bond donors (Lipinski definition) is 2. The molecule has 2 aliphatic heterocycles. The van der Waals surface area contributed by atoms with Gasteiger partial charge in [0.15, 0.2) is 5.01 Å². The van der Waals surface area contributed by atoms with E-state index in [0.29, 0.717) is 23.6 Å². The maximum atomic E-state index is 6.17. The van der Waals surface area contributed by atoms with Gasteiger partial charge >= 0.3 is 0 Å². The zero-order chi connectivity index (χ0) is 23.9. The van der Waals surface area contributed by atoms with Crippen LogP contribution in [0, 0.1) is 0 Å². The SMILES string of the molecule is Nc1nc(N2CCCCC2)nn1-c1nnc(-c2ccccc2OCCNCCN2CCOCC2)s1. The van der Waals surface area contributed by atoms with E-state index in [1.54, 1.807) is 4.68 Å². The van der Waals surface area contributed by atoms with Gasteiger partial charge in [-0.15, -0.1) is 15.3 Å². The molecule has 35 heavy (non-hydrogen) atoms. The molecule has 1 aromatic carbocycles. The van der Waals surface area contributed by atoms with Crippen molar-refractivity contribution in [2.24, 2.45) is 0 Å². The van der Waals surface area contributed by atoms with E-state index in [-0.39, 0.29) is 0 Å². The number of nitrogen functional groups attached to an aromatic ring is 1. The van der Waals surface area contributed by atoms with Crippen LogP contribution in [0.5, 0.6) is 5.75 Å². The lowest BCUT2D eigenvalue weighted by atomic mass is 10.1. The molecule has 11 nitrogen and oxygen atoms in total. The summed E-state index contributed by atoms with van der Waals surface area (Å²) in [4.78, 5) is 9.05. The number of morpholine rings is 1. The van der Waals surface area contributed by atoms with Gasteiger partial charge in [-0.25, -0.2) is 0 Å². The monoisotopic (exact) mass is 499 g/mol. The molecule has 0 atom stereocenters. The lowest BCUT2D eigenvalue weighted by Gasteiger charge is -2.26. The fraction of sp³-hybridized carbons (Fsp3) is 0.565. The van der Waals surface area contributed by atoms with Crippen molar-refractivity contribution in [2.45, 2.75) is 19.3 Å². The smallest absolute Gasteiger partial charge is 0.247 e. The molecule has 0 bridgehead atoms. The van der Waals surface area contributed by atoms with Gasteiger partial charge in [-0.3, -0.25) is 4.90 Å². The predicted octanol–water partition coefficient (Wildman–Crippen LogP) is 1.66. The van der Waals surface area contributed by atoms with Gasteiger partial charge in [0.05, 0.1) is 18.8 Å². The Balaban J connectivity index is 1.18. The Hall–Kier alpha value is -2.80. The third-order valence-corrected chi connectivity index (χ3v) is 7.15. The summed E-state index contributed by atoms with van der Waals surface area (Å²) >= 11 is 1.42. The third-order valence-electron chi connectivity index (χ3n) is 6.22. The molecule has 2 aliphatic rings. The summed E-state index contributed by atoms with van der Waals surface area (Å²) in [6, 6.07) is 7.90. The third kappa shape index (κ3) is 6.07. The van der Waals surface area contributed by atoms with E-state index in [4.69, 9.17) is 15.2 Å². The van der Waals surface area contributed by atoms with Gasteiger partial charge in [-0.05, 0) is 31.4 Å². The van der Waals surface area contributed by atoms with Gasteiger partial charge in [0, 0.05) is 45.8 Å². The second-order valence-corrected chi connectivity index (χ2v) is 9.62. The van der Waals surface area contributed by atoms with Crippen LogP contribution in [0.3, 0.4) is 0 Å². The number of nitrogens with two attached hydrogens (primary N) is 1. The average Bonchev–Trinajstić information content (AvgIpc) is 3.54. The minimum Gasteiger partial charge on any atom is -0.492 e. The normalized spacial score (nSPS) is 17.1. The first kappa shape index (κ1) is 23.9. The highest BCUT2D eigenvalue weighted by Gasteiger charge is 2.20. The molecular formula is C23H33N9O2S. The van der Waals surface area contributed by atoms with Crippen molar-refractivity contribution in [2.75, 3.05) is 76.3 Å². The second kappa shape index (κ2) is 11.8. The summed E-state index contributed by atoms with van der Waals surface area (Å²) in [5.74, 6) is 1.76. The molecule has 2 aromatic heterocycles. The molecule has 0 spiro atoms. The topological polar surface area (TPSA) is 119 Å². The van der Waals surface area contributed by atoms with Gasteiger partial charge in [0.25, 0.3) is 0 Å². The molecule has 0 amide bonds. The van der Waals surface area contributed by atoms with Crippen molar-refractivity contribution in [3.8, 4) is 21.5 Å². The van der Waals surface area contributed by atoms with Gasteiger partial charge in [-0.1, -0.05) is 23.5 Å². The van der Waals surface area contributed by atoms with Crippen molar-refractivity contribution in [3.05, 3.63) is 24.3 Å². The Morgan fingerprint density at radius 2 is 1.86 bits per heavy atom.